The van der Waals surface area contributed by atoms with Crippen molar-refractivity contribution < 1.29 is 4.74 Å². The van der Waals surface area contributed by atoms with E-state index in [1.165, 1.54) is 0 Å². The van der Waals surface area contributed by atoms with E-state index in [2.05, 4.69) is 27.6 Å². The fraction of sp³-hybridized carbons (Fsp3) is 0.600. The van der Waals surface area contributed by atoms with E-state index < -0.39 is 0 Å². The van der Waals surface area contributed by atoms with Gasteiger partial charge in [-0.3, -0.25) is 5.43 Å². The van der Waals surface area contributed by atoms with Gasteiger partial charge < -0.3 is 10.1 Å². The Hall–Kier alpha value is -1.40. The Balaban J connectivity index is 2.07. The SMILES string of the molecule is CC1(Nc2ccnc(NN)n2)CCOCC1. The Bertz CT molecular complexity index is 351. The third-order valence-electron chi connectivity index (χ3n) is 2.81. The molecule has 0 bridgehead atoms. The molecule has 0 aliphatic carbocycles. The normalized spacial score (nSPS) is 19.1. The first-order chi connectivity index (χ1) is 7.72. The molecule has 1 aliphatic heterocycles. The molecule has 1 saturated heterocycles. The first-order valence-corrected chi connectivity index (χ1v) is 5.37. The third-order valence-corrected chi connectivity index (χ3v) is 2.81. The van der Waals surface area contributed by atoms with Crippen LogP contribution in [-0.4, -0.2) is 28.7 Å². The molecule has 0 unspecified atom stereocenters. The number of nitrogens with zero attached hydrogens (tertiary/aromatic N) is 2. The summed E-state index contributed by atoms with van der Waals surface area (Å²) in [5.74, 6) is 6.46. The second-order valence-electron chi connectivity index (χ2n) is 4.21. The van der Waals surface area contributed by atoms with Crippen molar-refractivity contribution in [2.45, 2.75) is 25.3 Å². The molecule has 1 fully saturated rings. The van der Waals surface area contributed by atoms with E-state index in [0.717, 1.165) is 31.9 Å². The van der Waals surface area contributed by atoms with Crippen LogP contribution in [-0.2, 0) is 4.74 Å². The van der Waals surface area contributed by atoms with Crippen LogP contribution in [0, 0.1) is 0 Å². The number of rotatable bonds is 3. The van der Waals surface area contributed by atoms with E-state index in [9.17, 15) is 0 Å². The topological polar surface area (TPSA) is 85.1 Å². The number of nitrogens with one attached hydrogen (secondary N) is 2. The van der Waals surface area contributed by atoms with Gasteiger partial charge in [0.1, 0.15) is 5.82 Å². The van der Waals surface area contributed by atoms with Crippen molar-refractivity contribution in [3.8, 4) is 0 Å². The summed E-state index contributed by atoms with van der Waals surface area (Å²) >= 11 is 0. The zero-order valence-electron chi connectivity index (χ0n) is 9.36. The number of hydrogen-bond donors (Lipinski definition) is 3. The Morgan fingerprint density at radius 2 is 2.19 bits per heavy atom. The summed E-state index contributed by atoms with van der Waals surface area (Å²) in [6, 6.07) is 1.83. The molecule has 1 aliphatic rings. The second-order valence-corrected chi connectivity index (χ2v) is 4.21. The van der Waals surface area contributed by atoms with Gasteiger partial charge in [-0.2, -0.15) is 4.98 Å². The van der Waals surface area contributed by atoms with Crippen LogP contribution >= 0.6 is 0 Å². The van der Waals surface area contributed by atoms with Crippen molar-refractivity contribution in [3.63, 3.8) is 0 Å². The predicted molar refractivity (Wildman–Crippen MR) is 61.9 cm³/mol. The van der Waals surface area contributed by atoms with Crippen molar-refractivity contribution in [3.05, 3.63) is 12.3 Å². The summed E-state index contributed by atoms with van der Waals surface area (Å²) in [4.78, 5) is 8.19. The van der Waals surface area contributed by atoms with Crippen LogP contribution in [0.5, 0.6) is 0 Å². The van der Waals surface area contributed by atoms with Crippen LogP contribution in [0.15, 0.2) is 12.3 Å². The average molecular weight is 223 g/mol. The maximum atomic E-state index is 5.34. The summed E-state index contributed by atoms with van der Waals surface area (Å²) in [5, 5.41) is 3.41. The molecule has 6 nitrogen and oxygen atoms in total. The lowest BCUT2D eigenvalue weighted by Crippen LogP contribution is -2.40. The van der Waals surface area contributed by atoms with Crippen LogP contribution in [0.3, 0.4) is 0 Å². The van der Waals surface area contributed by atoms with Gasteiger partial charge in [-0.15, -0.1) is 0 Å². The van der Waals surface area contributed by atoms with Crippen molar-refractivity contribution in [1.29, 1.82) is 0 Å². The summed E-state index contributed by atoms with van der Waals surface area (Å²) in [6.07, 6.45) is 3.62. The lowest BCUT2D eigenvalue weighted by atomic mass is 9.92. The fourth-order valence-electron chi connectivity index (χ4n) is 1.75. The molecule has 2 rings (SSSR count). The number of anilines is 2. The van der Waals surface area contributed by atoms with Gasteiger partial charge in [0.15, 0.2) is 0 Å². The lowest BCUT2D eigenvalue weighted by molar-refractivity contribution is 0.0657. The average Bonchev–Trinajstić information content (AvgIpc) is 2.29. The van der Waals surface area contributed by atoms with Gasteiger partial charge in [-0.1, -0.05) is 0 Å². The molecule has 0 aromatic carbocycles. The number of hydrazine groups is 1. The van der Waals surface area contributed by atoms with Crippen molar-refractivity contribution in [2.24, 2.45) is 5.84 Å². The first kappa shape index (κ1) is 11.1. The molecule has 0 atom stereocenters. The van der Waals surface area contributed by atoms with Gasteiger partial charge >= 0.3 is 0 Å². The smallest absolute Gasteiger partial charge is 0.239 e. The minimum atomic E-state index is 0.0402. The van der Waals surface area contributed by atoms with Gasteiger partial charge in [-0.25, -0.2) is 10.8 Å². The molecule has 0 amide bonds. The van der Waals surface area contributed by atoms with E-state index in [4.69, 9.17) is 10.6 Å². The van der Waals surface area contributed by atoms with Crippen LogP contribution in [0.1, 0.15) is 19.8 Å². The molecule has 6 heteroatoms. The Morgan fingerprint density at radius 1 is 1.44 bits per heavy atom. The molecule has 0 saturated carbocycles. The van der Waals surface area contributed by atoms with E-state index >= 15 is 0 Å². The lowest BCUT2D eigenvalue weighted by Gasteiger charge is -2.34. The monoisotopic (exact) mass is 223 g/mol. The number of nitrogens with two attached hydrogens (primary N) is 1. The summed E-state index contributed by atoms with van der Waals surface area (Å²) in [5.41, 5.74) is 2.47. The highest BCUT2D eigenvalue weighted by Gasteiger charge is 2.27. The summed E-state index contributed by atoms with van der Waals surface area (Å²) in [6.45, 7) is 3.75. The molecule has 2 heterocycles. The van der Waals surface area contributed by atoms with Crippen LogP contribution < -0.4 is 16.6 Å². The maximum Gasteiger partial charge on any atom is 0.239 e. The van der Waals surface area contributed by atoms with Crippen molar-refractivity contribution in [1.82, 2.24) is 9.97 Å². The minimum absolute atomic E-state index is 0.0402. The fourth-order valence-corrected chi connectivity index (χ4v) is 1.75. The zero-order valence-corrected chi connectivity index (χ0v) is 9.36. The molecule has 16 heavy (non-hydrogen) atoms. The van der Waals surface area contributed by atoms with E-state index in [1.807, 2.05) is 6.07 Å². The Morgan fingerprint density at radius 3 is 2.88 bits per heavy atom. The molecular formula is C10H17N5O. The van der Waals surface area contributed by atoms with Crippen molar-refractivity contribution in [2.75, 3.05) is 24.0 Å². The largest absolute Gasteiger partial charge is 0.381 e. The molecular weight excluding hydrogens is 206 g/mol. The van der Waals surface area contributed by atoms with Crippen LogP contribution in [0.2, 0.25) is 0 Å². The number of ether oxygens (including phenoxy) is 1. The first-order valence-electron chi connectivity index (χ1n) is 5.37. The minimum Gasteiger partial charge on any atom is -0.381 e. The van der Waals surface area contributed by atoms with Gasteiger partial charge in [-0.05, 0) is 25.8 Å². The highest BCUT2D eigenvalue weighted by molar-refractivity contribution is 5.41. The molecule has 4 N–H and O–H groups in total. The molecule has 0 radical (unpaired) electrons. The molecule has 88 valence electrons. The second kappa shape index (κ2) is 4.63. The van der Waals surface area contributed by atoms with E-state index in [1.54, 1.807) is 6.20 Å². The Labute approximate surface area is 94.6 Å². The van der Waals surface area contributed by atoms with Crippen LogP contribution in [0.25, 0.3) is 0 Å². The molecule has 0 spiro atoms. The number of hydrogen-bond acceptors (Lipinski definition) is 6. The zero-order chi connectivity index (χ0) is 11.4. The van der Waals surface area contributed by atoms with E-state index in [0.29, 0.717) is 5.95 Å². The highest BCUT2D eigenvalue weighted by atomic mass is 16.5. The standard InChI is InChI=1S/C10H17N5O/c1-10(3-6-16-7-4-10)14-8-2-5-12-9(13-8)15-11/h2,5H,3-4,6-7,11H2,1H3,(H2,12,13,14,15). The van der Waals surface area contributed by atoms with Gasteiger partial charge in [0, 0.05) is 24.9 Å². The van der Waals surface area contributed by atoms with Gasteiger partial charge in [0.2, 0.25) is 5.95 Å². The number of nitrogen functional groups attached to an aromatic ring is 1. The third kappa shape index (κ3) is 2.59. The summed E-state index contributed by atoms with van der Waals surface area (Å²) < 4.78 is 5.34. The highest BCUT2D eigenvalue weighted by Crippen LogP contribution is 2.24. The molecule has 1 aromatic rings. The Kier molecular flexibility index (Phi) is 3.21. The van der Waals surface area contributed by atoms with Crippen molar-refractivity contribution >= 4 is 11.8 Å². The predicted octanol–water partition coefficient (Wildman–Crippen LogP) is 0.743. The molecule has 1 aromatic heterocycles. The maximum absolute atomic E-state index is 5.34. The van der Waals surface area contributed by atoms with Gasteiger partial charge in [0.25, 0.3) is 0 Å². The quantitative estimate of drug-likeness (QED) is 0.518. The van der Waals surface area contributed by atoms with Crippen LogP contribution in [0.4, 0.5) is 11.8 Å². The summed E-state index contributed by atoms with van der Waals surface area (Å²) in [7, 11) is 0. The van der Waals surface area contributed by atoms with Gasteiger partial charge in [0.05, 0.1) is 0 Å². The number of aromatic nitrogens is 2. The van der Waals surface area contributed by atoms with E-state index in [-0.39, 0.29) is 5.54 Å².